The minimum absolute atomic E-state index is 2.40. The first-order chi connectivity index (χ1) is 3.55. The molecule has 0 spiro atoms. The minimum atomic E-state index is -2.62. The van der Waals surface area contributed by atoms with Gasteiger partial charge >= 0.3 is 12.0 Å². The third-order valence-corrected chi connectivity index (χ3v) is 0.354. The summed E-state index contributed by atoms with van der Waals surface area (Å²) >= 11 is 0. The van der Waals surface area contributed by atoms with E-state index in [1.807, 2.05) is 0 Å². The lowest BCUT2D eigenvalue weighted by Crippen LogP contribution is -1.89. The van der Waals surface area contributed by atoms with Gasteiger partial charge in [-0.2, -0.15) is 13.2 Å². The van der Waals surface area contributed by atoms with Crippen molar-refractivity contribution in [2.75, 3.05) is 0 Å². The van der Waals surface area contributed by atoms with Gasteiger partial charge in [-0.05, 0) is 0 Å². The molecule has 0 aromatic rings. The Morgan fingerprint density at radius 2 is 1.62 bits per heavy atom. The van der Waals surface area contributed by atoms with Crippen molar-refractivity contribution in [3.05, 3.63) is 11.8 Å². The first kappa shape index (κ1) is 7.00. The predicted molar refractivity (Wildman–Crippen MR) is 18.0 cm³/mol. The van der Waals surface area contributed by atoms with Crippen LogP contribution in [0.2, 0.25) is 0 Å². The maximum absolute atomic E-state index is 11.2. The lowest BCUT2D eigenvalue weighted by Gasteiger charge is -1.81. The van der Waals surface area contributed by atoms with E-state index in [4.69, 9.17) is 9.90 Å². The smallest absolute Gasteiger partial charge is 0.366 e. The van der Waals surface area contributed by atoms with Crippen molar-refractivity contribution in [3.63, 3.8) is 0 Å². The number of rotatable bonds is 1. The van der Waals surface area contributed by atoms with E-state index in [1.165, 1.54) is 0 Å². The first-order valence-corrected chi connectivity index (χ1v) is 1.49. The van der Waals surface area contributed by atoms with Gasteiger partial charge in [0.2, 0.25) is 0 Å². The highest BCUT2D eigenvalue weighted by atomic mass is 19.2. The Labute approximate surface area is 42.2 Å². The lowest BCUT2D eigenvalue weighted by molar-refractivity contribution is -0.127. The van der Waals surface area contributed by atoms with Crippen LogP contribution >= 0.6 is 0 Å². The minimum Gasteiger partial charge on any atom is -0.484 e. The monoisotopic (exact) mass is 126 g/mol. The molecule has 0 heterocycles. The van der Waals surface area contributed by atoms with Crippen LogP contribution < -0.4 is 0 Å². The molecule has 0 bridgehead atoms. The van der Waals surface area contributed by atoms with Crippen molar-refractivity contribution in [1.82, 2.24) is 0 Å². The molecule has 1 N–H and O–H groups in total. The topological polar surface area (TPSA) is 37.3 Å². The summed E-state index contributed by atoms with van der Waals surface area (Å²) in [4.78, 5) is 9.09. The zero-order valence-corrected chi connectivity index (χ0v) is 3.49. The van der Waals surface area contributed by atoms with Gasteiger partial charge in [-0.3, -0.25) is 4.79 Å². The summed E-state index contributed by atoms with van der Waals surface area (Å²) in [7, 11) is 0. The van der Waals surface area contributed by atoms with Crippen LogP contribution in [0.3, 0.4) is 0 Å². The molecular weight excluding hydrogens is 125 g/mol. The number of hydrogen-bond donors (Lipinski definition) is 1. The number of hydrogen-bond acceptors (Lipinski definition) is 2. The molecular formula is C3HF3O2. The molecule has 0 unspecified atom stereocenters. The summed E-state index contributed by atoms with van der Waals surface area (Å²) in [5.74, 6) is -2.40. The van der Waals surface area contributed by atoms with Crippen LogP contribution in [0.4, 0.5) is 13.2 Å². The molecule has 0 fully saturated rings. The van der Waals surface area contributed by atoms with Gasteiger partial charge < -0.3 is 5.11 Å². The lowest BCUT2D eigenvalue weighted by atomic mass is 10.6. The normalized spacial score (nSPS) is 12.9. The number of carbonyl (C=O) groups excluding carboxylic acids is 1. The summed E-state index contributed by atoms with van der Waals surface area (Å²) in [6.07, 6.45) is 0. The molecule has 0 aliphatic heterocycles. The number of halogens is 3. The van der Waals surface area contributed by atoms with Gasteiger partial charge in [-0.25, -0.2) is 0 Å². The van der Waals surface area contributed by atoms with Gasteiger partial charge in [0, 0.05) is 0 Å². The molecule has 0 saturated carbocycles. The SMILES string of the molecule is O=C(F)/C(F)=C(\O)F. The van der Waals surface area contributed by atoms with Crippen molar-refractivity contribution < 1.29 is 23.1 Å². The average molecular weight is 126 g/mol. The van der Waals surface area contributed by atoms with Crippen molar-refractivity contribution in [3.8, 4) is 0 Å². The summed E-state index contributed by atoms with van der Waals surface area (Å²) < 4.78 is 33.0. The van der Waals surface area contributed by atoms with Crippen LogP contribution in [0.1, 0.15) is 0 Å². The molecule has 5 heteroatoms. The van der Waals surface area contributed by atoms with E-state index in [2.05, 4.69) is 0 Å². The summed E-state index contributed by atoms with van der Waals surface area (Å²) in [5.41, 5.74) is 0. The van der Waals surface area contributed by atoms with E-state index in [-0.39, 0.29) is 0 Å². The van der Waals surface area contributed by atoms with Crippen LogP contribution in [-0.4, -0.2) is 11.1 Å². The zero-order chi connectivity index (χ0) is 6.73. The van der Waals surface area contributed by atoms with Crippen LogP contribution in [0, 0.1) is 0 Å². The van der Waals surface area contributed by atoms with Crippen molar-refractivity contribution in [2.24, 2.45) is 0 Å². The van der Waals surface area contributed by atoms with Crippen molar-refractivity contribution in [1.29, 1.82) is 0 Å². The van der Waals surface area contributed by atoms with E-state index in [0.717, 1.165) is 0 Å². The summed E-state index contributed by atoms with van der Waals surface area (Å²) in [6, 6.07) is -5.05. The first-order valence-electron chi connectivity index (χ1n) is 1.49. The number of aliphatic hydroxyl groups is 1. The highest BCUT2D eigenvalue weighted by Crippen LogP contribution is 2.05. The van der Waals surface area contributed by atoms with Crippen LogP contribution in [-0.2, 0) is 4.79 Å². The quantitative estimate of drug-likeness (QED) is 0.325. The van der Waals surface area contributed by atoms with Crippen molar-refractivity contribution >= 4 is 6.04 Å². The Balaban J connectivity index is 4.23. The molecule has 0 atom stereocenters. The Kier molecular flexibility index (Phi) is 2.05. The summed E-state index contributed by atoms with van der Waals surface area (Å²) in [6.45, 7) is 0. The maximum atomic E-state index is 11.2. The van der Waals surface area contributed by atoms with Gasteiger partial charge in [0.1, 0.15) is 0 Å². The average Bonchev–Trinajstić information content (AvgIpc) is 1.64. The molecule has 0 rings (SSSR count). The van der Waals surface area contributed by atoms with Gasteiger partial charge in [0.15, 0.2) is 0 Å². The second kappa shape index (κ2) is 2.34. The molecule has 8 heavy (non-hydrogen) atoms. The van der Waals surface area contributed by atoms with E-state index in [1.54, 1.807) is 0 Å². The van der Waals surface area contributed by atoms with Gasteiger partial charge in [-0.15, -0.1) is 0 Å². The second-order valence-electron chi connectivity index (χ2n) is 0.878. The molecule has 0 radical (unpaired) electrons. The van der Waals surface area contributed by atoms with E-state index >= 15 is 0 Å². The Morgan fingerprint density at radius 3 is 1.62 bits per heavy atom. The van der Waals surface area contributed by atoms with Crippen LogP contribution in [0.5, 0.6) is 0 Å². The fraction of sp³-hybridized carbons (Fsp3) is 0. The third-order valence-electron chi connectivity index (χ3n) is 0.354. The zero-order valence-electron chi connectivity index (χ0n) is 3.49. The molecule has 0 aliphatic carbocycles. The second-order valence-corrected chi connectivity index (χ2v) is 0.878. The highest BCUT2D eigenvalue weighted by Gasteiger charge is 2.12. The van der Waals surface area contributed by atoms with Gasteiger partial charge in [-0.1, -0.05) is 0 Å². The predicted octanol–water partition coefficient (Wildman–Crippen LogP) is 1.15. The fourth-order valence-corrected chi connectivity index (χ4v) is 0.0811. The molecule has 0 aromatic heterocycles. The van der Waals surface area contributed by atoms with E-state index < -0.39 is 17.9 Å². The van der Waals surface area contributed by atoms with Gasteiger partial charge in [0.05, 0.1) is 0 Å². The van der Waals surface area contributed by atoms with E-state index in [9.17, 15) is 13.2 Å². The number of allylic oxidation sites excluding steroid dienone is 1. The Bertz CT molecular complexity index is 135. The van der Waals surface area contributed by atoms with Crippen molar-refractivity contribution in [2.45, 2.75) is 0 Å². The molecule has 2 nitrogen and oxygen atoms in total. The summed E-state index contributed by atoms with van der Waals surface area (Å²) in [5, 5.41) is 7.37. The highest BCUT2D eigenvalue weighted by molar-refractivity contribution is 5.84. The Hall–Kier alpha value is -1.00. The maximum Gasteiger partial charge on any atom is 0.366 e. The number of carbonyl (C=O) groups is 1. The molecule has 0 aliphatic rings. The van der Waals surface area contributed by atoms with Crippen LogP contribution in [0.15, 0.2) is 11.8 Å². The molecule has 0 amide bonds. The van der Waals surface area contributed by atoms with Gasteiger partial charge in [0.25, 0.3) is 5.83 Å². The number of aliphatic hydroxyl groups excluding tert-OH is 1. The standard InChI is InChI=1S/C3HF3O2/c4-1(2(5)7)3(6)8/h7H/b2-1+. The fourth-order valence-electron chi connectivity index (χ4n) is 0.0811. The van der Waals surface area contributed by atoms with E-state index in [0.29, 0.717) is 0 Å². The largest absolute Gasteiger partial charge is 0.484 e. The molecule has 0 aromatic carbocycles. The van der Waals surface area contributed by atoms with Crippen LogP contribution in [0.25, 0.3) is 0 Å². The molecule has 0 saturated heterocycles. The third kappa shape index (κ3) is 1.63. The molecule has 46 valence electrons. The Morgan fingerprint density at radius 1 is 1.25 bits per heavy atom.